The molecule has 1 aliphatic carbocycles. The van der Waals surface area contributed by atoms with Crippen molar-refractivity contribution in [2.75, 3.05) is 14.2 Å². The summed E-state index contributed by atoms with van der Waals surface area (Å²) in [4.78, 5) is 38.3. The van der Waals surface area contributed by atoms with Gasteiger partial charge in [0.15, 0.2) is 11.5 Å². The second-order valence-corrected chi connectivity index (χ2v) is 7.48. The molecule has 0 saturated heterocycles. The monoisotopic (exact) mass is 442 g/mol. The lowest BCUT2D eigenvalue weighted by atomic mass is 10.1. The Bertz CT molecular complexity index is 1310. The Morgan fingerprint density at radius 3 is 2.55 bits per heavy atom. The molecule has 4 rings (SSSR count). The molecule has 31 heavy (non-hydrogen) atoms. The molecule has 9 heteroatoms. The minimum Gasteiger partial charge on any atom is -0.493 e. The van der Waals surface area contributed by atoms with Crippen molar-refractivity contribution >= 4 is 17.6 Å². The van der Waals surface area contributed by atoms with E-state index >= 15 is 0 Å². The third-order valence-corrected chi connectivity index (χ3v) is 5.84. The number of fused-ring (bicyclic) bond motifs is 1. The molecule has 8 nitrogen and oxygen atoms in total. The van der Waals surface area contributed by atoms with Crippen molar-refractivity contribution in [3.63, 3.8) is 0 Å². The number of rotatable bonds is 5. The Labute approximate surface area is 181 Å². The predicted molar refractivity (Wildman–Crippen MR) is 114 cm³/mol. The zero-order valence-corrected chi connectivity index (χ0v) is 17.5. The Hall–Kier alpha value is -3.52. The van der Waals surface area contributed by atoms with Crippen LogP contribution in [0.3, 0.4) is 0 Å². The number of carboxylic acid groups (broad SMARTS) is 1. The summed E-state index contributed by atoms with van der Waals surface area (Å²) in [6.07, 6.45) is 2.08. The molecule has 0 radical (unpaired) electrons. The van der Waals surface area contributed by atoms with E-state index in [0.717, 1.165) is 26.5 Å². The summed E-state index contributed by atoms with van der Waals surface area (Å²) in [5.74, 6) is -0.609. The fraction of sp³-hybridized carbons (Fsp3) is 0.227. The van der Waals surface area contributed by atoms with E-state index in [4.69, 9.17) is 21.1 Å². The van der Waals surface area contributed by atoms with Crippen molar-refractivity contribution < 1.29 is 19.4 Å². The third-order valence-electron chi connectivity index (χ3n) is 5.49. The van der Waals surface area contributed by atoms with Crippen molar-refractivity contribution in [2.45, 2.75) is 18.9 Å². The smallest absolute Gasteiger partial charge is 0.342 e. The van der Waals surface area contributed by atoms with Crippen LogP contribution in [-0.2, 0) is 6.42 Å². The molecule has 1 heterocycles. The van der Waals surface area contributed by atoms with Crippen molar-refractivity contribution in [3.05, 3.63) is 85.1 Å². The summed E-state index contributed by atoms with van der Waals surface area (Å²) in [5, 5.41) is 10.2. The van der Waals surface area contributed by atoms with Gasteiger partial charge in [-0.05, 0) is 42.2 Å². The number of halogens is 1. The van der Waals surface area contributed by atoms with E-state index in [-0.39, 0.29) is 0 Å². The minimum atomic E-state index is -1.42. The Morgan fingerprint density at radius 2 is 1.87 bits per heavy atom. The molecule has 0 fully saturated rings. The lowest BCUT2D eigenvalue weighted by Gasteiger charge is -2.18. The molecule has 3 aromatic rings. The maximum Gasteiger partial charge on any atom is 0.342 e. The zero-order valence-electron chi connectivity index (χ0n) is 16.8. The quantitative estimate of drug-likeness (QED) is 0.652. The average Bonchev–Trinajstić information content (AvgIpc) is 3.18. The summed E-state index contributed by atoms with van der Waals surface area (Å²) in [5.41, 5.74) is -0.0767. The van der Waals surface area contributed by atoms with Gasteiger partial charge < -0.3 is 14.6 Å². The molecule has 1 aromatic heterocycles. The van der Waals surface area contributed by atoms with E-state index in [0.29, 0.717) is 35.1 Å². The fourth-order valence-corrected chi connectivity index (χ4v) is 4.29. The van der Waals surface area contributed by atoms with Crippen LogP contribution in [0.1, 0.15) is 33.9 Å². The van der Waals surface area contributed by atoms with Crippen LogP contribution >= 0.6 is 11.6 Å². The van der Waals surface area contributed by atoms with Crippen molar-refractivity contribution in [3.8, 4) is 17.2 Å². The largest absolute Gasteiger partial charge is 0.493 e. The van der Waals surface area contributed by atoms with E-state index in [1.807, 2.05) is 0 Å². The molecule has 0 aliphatic heterocycles. The number of aromatic carboxylic acids is 1. The second-order valence-electron chi connectivity index (χ2n) is 7.08. The topological polar surface area (TPSA) is 99.8 Å². The molecule has 2 aromatic carbocycles. The summed E-state index contributed by atoms with van der Waals surface area (Å²) >= 11 is 6.28. The summed E-state index contributed by atoms with van der Waals surface area (Å²) in [6.45, 7) is 0. The van der Waals surface area contributed by atoms with Gasteiger partial charge in [0, 0.05) is 17.3 Å². The first kappa shape index (κ1) is 20.7. The molecular formula is C22H19ClN2O6. The third kappa shape index (κ3) is 3.38. The normalized spacial score (nSPS) is 14.9. The maximum absolute atomic E-state index is 13.4. The number of hydrogen-bond donors (Lipinski definition) is 1. The molecule has 1 atom stereocenters. The fourth-order valence-electron chi connectivity index (χ4n) is 4.01. The molecule has 0 spiro atoms. The number of benzene rings is 2. The number of methoxy groups -OCH3 is 2. The van der Waals surface area contributed by atoms with Crippen LogP contribution in [-0.4, -0.2) is 34.4 Å². The molecule has 1 aliphatic rings. The molecule has 1 N–H and O–H groups in total. The van der Waals surface area contributed by atoms with Crippen LogP contribution in [0.5, 0.6) is 11.5 Å². The standard InChI is InChI=1S/C22H19ClN2O6/c1-30-18-9-6-12(10-19(18)31-2)24-11-15(21(27)28)20(26)25(22(24)29)17-8-7-13-14(17)4-3-5-16(13)23/h3-6,9-11,17H,7-8H2,1-2H3,(H,27,28). The number of nitrogens with zero attached hydrogens (tertiary/aromatic N) is 2. The van der Waals surface area contributed by atoms with Crippen molar-refractivity contribution in [1.29, 1.82) is 0 Å². The van der Waals surface area contributed by atoms with Crippen molar-refractivity contribution in [1.82, 2.24) is 9.13 Å². The Morgan fingerprint density at radius 1 is 1.13 bits per heavy atom. The number of hydrogen-bond acceptors (Lipinski definition) is 5. The van der Waals surface area contributed by atoms with E-state index in [1.165, 1.54) is 14.2 Å². The van der Waals surface area contributed by atoms with Gasteiger partial charge in [-0.15, -0.1) is 0 Å². The first-order valence-corrected chi connectivity index (χ1v) is 9.86. The molecular weight excluding hydrogens is 424 g/mol. The summed E-state index contributed by atoms with van der Waals surface area (Å²) in [7, 11) is 2.93. The van der Waals surface area contributed by atoms with E-state index in [9.17, 15) is 19.5 Å². The number of carboxylic acids is 1. The lowest BCUT2D eigenvalue weighted by Crippen LogP contribution is -2.43. The highest BCUT2D eigenvalue weighted by molar-refractivity contribution is 6.31. The van der Waals surface area contributed by atoms with Crippen LogP contribution in [0.2, 0.25) is 5.02 Å². The molecule has 1 unspecified atom stereocenters. The molecule has 0 amide bonds. The number of aromatic nitrogens is 2. The summed E-state index contributed by atoms with van der Waals surface area (Å²) < 4.78 is 12.6. The van der Waals surface area contributed by atoms with Gasteiger partial charge >= 0.3 is 11.7 Å². The first-order valence-electron chi connectivity index (χ1n) is 9.48. The van der Waals surface area contributed by atoms with Gasteiger partial charge in [-0.3, -0.25) is 13.9 Å². The van der Waals surface area contributed by atoms with Crippen LogP contribution < -0.4 is 20.7 Å². The Balaban J connectivity index is 1.98. The van der Waals surface area contributed by atoms with E-state index in [2.05, 4.69) is 0 Å². The van der Waals surface area contributed by atoms with Gasteiger partial charge in [-0.25, -0.2) is 9.59 Å². The van der Waals surface area contributed by atoms with Gasteiger partial charge in [0.2, 0.25) is 0 Å². The van der Waals surface area contributed by atoms with Crippen LogP contribution in [0.15, 0.2) is 52.2 Å². The van der Waals surface area contributed by atoms with Gasteiger partial charge in [0.25, 0.3) is 5.56 Å². The number of ether oxygens (including phenoxy) is 2. The highest BCUT2D eigenvalue weighted by Crippen LogP contribution is 2.37. The zero-order chi connectivity index (χ0) is 22.3. The van der Waals surface area contributed by atoms with E-state index in [1.54, 1.807) is 36.4 Å². The minimum absolute atomic E-state index is 0.336. The average molecular weight is 443 g/mol. The van der Waals surface area contributed by atoms with Gasteiger partial charge in [-0.2, -0.15) is 0 Å². The van der Waals surface area contributed by atoms with Gasteiger partial charge in [-0.1, -0.05) is 23.7 Å². The maximum atomic E-state index is 13.4. The van der Waals surface area contributed by atoms with Crippen LogP contribution in [0, 0.1) is 0 Å². The Kier molecular flexibility index (Phi) is 5.32. The first-order chi connectivity index (χ1) is 14.9. The van der Waals surface area contributed by atoms with E-state index < -0.39 is 28.8 Å². The molecule has 0 bridgehead atoms. The van der Waals surface area contributed by atoms with Crippen molar-refractivity contribution in [2.24, 2.45) is 0 Å². The molecule has 160 valence electrons. The second kappa shape index (κ2) is 7.96. The molecule has 0 saturated carbocycles. The highest BCUT2D eigenvalue weighted by atomic mass is 35.5. The predicted octanol–water partition coefficient (Wildman–Crippen LogP) is 2.90. The van der Waals surface area contributed by atoms with Crippen LogP contribution in [0.25, 0.3) is 5.69 Å². The number of carbonyl (C=O) groups is 1. The lowest BCUT2D eigenvalue weighted by molar-refractivity contribution is 0.0693. The van der Waals surface area contributed by atoms with Gasteiger partial charge in [0.1, 0.15) is 5.56 Å². The summed E-state index contributed by atoms with van der Waals surface area (Å²) in [6, 6.07) is 9.42. The highest BCUT2D eigenvalue weighted by Gasteiger charge is 2.30. The van der Waals surface area contributed by atoms with Gasteiger partial charge in [0.05, 0.1) is 25.9 Å². The SMILES string of the molecule is COc1ccc(-n2cc(C(=O)O)c(=O)n(C3CCc4c(Cl)cccc43)c2=O)cc1OC. The van der Waals surface area contributed by atoms with Crippen LogP contribution in [0.4, 0.5) is 0 Å².